The molecule has 0 saturated carbocycles. The van der Waals surface area contributed by atoms with Crippen LogP contribution in [0.15, 0.2) is 60.8 Å². The van der Waals surface area contributed by atoms with Gasteiger partial charge in [-0.25, -0.2) is 9.37 Å². The first-order valence-corrected chi connectivity index (χ1v) is 11.4. The van der Waals surface area contributed by atoms with Crippen LogP contribution in [0.5, 0.6) is 5.88 Å². The van der Waals surface area contributed by atoms with Gasteiger partial charge in [0.05, 0.1) is 6.54 Å². The van der Waals surface area contributed by atoms with Gasteiger partial charge in [-0.15, -0.1) is 10.2 Å². The van der Waals surface area contributed by atoms with E-state index in [1.54, 1.807) is 30.3 Å². The fraction of sp³-hybridized carbons (Fsp3) is 0.280. The summed E-state index contributed by atoms with van der Waals surface area (Å²) in [6, 6.07) is 15.9. The molecule has 10 heteroatoms. The highest BCUT2D eigenvalue weighted by Gasteiger charge is 2.19. The fourth-order valence-electron chi connectivity index (χ4n) is 4.10. The standard InChI is InChI=1S/C25H26FN7O2/c1-31(16-20-15-18-14-19(26)5-6-21(18)28-20)25(34)17-35-24-8-7-23(29-30-24)33-12-10-32(11-13-33)22-4-2-3-9-27-22/h2-9,14-15,28H,10-13,16-17H2,1H3. The molecule has 1 N–H and O–H groups in total. The summed E-state index contributed by atoms with van der Waals surface area (Å²) in [4.78, 5) is 26.1. The van der Waals surface area contributed by atoms with E-state index in [9.17, 15) is 9.18 Å². The molecule has 5 rings (SSSR count). The minimum atomic E-state index is -0.292. The number of ether oxygens (including phenoxy) is 1. The lowest BCUT2D eigenvalue weighted by molar-refractivity contribution is -0.132. The molecule has 180 valence electrons. The van der Waals surface area contributed by atoms with Crippen molar-refractivity contribution >= 4 is 28.4 Å². The molecular formula is C25H26FN7O2. The van der Waals surface area contributed by atoms with Crippen LogP contribution in [0.1, 0.15) is 5.69 Å². The molecule has 1 amide bonds. The third kappa shape index (κ3) is 5.32. The van der Waals surface area contributed by atoms with Crippen LogP contribution in [0.4, 0.5) is 16.0 Å². The molecule has 4 heterocycles. The number of rotatable bonds is 7. The summed E-state index contributed by atoms with van der Waals surface area (Å²) in [7, 11) is 1.69. The van der Waals surface area contributed by atoms with Gasteiger partial charge in [0.2, 0.25) is 5.88 Å². The number of carbonyl (C=O) groups excluding carboxylic acids is 1. The molecule has 1 aromatic carbocycles. The van der Waals surface area contributed by atoms with E-state index in [-0.39, 0.29) is 18.3 Å². The second kappa shape index (κ2) is 9.96. The first-order chi connectivity index (χ1) is 17.0. The van der Waals surface area contributed by atoms with E-state index in [0.29, 0.717) is 12.4 Å². The lowest BCUT2D eigenvalue weighted by Gasteiger charge is -2.35. The summed E-state index contributed by atoms with van der Waals surface area (Å²) in [6.07, 6.45) is 1.80. The Morgan fingerprint density at radius 2 is 1.83 bits per heavy atom. The van der Waals surface area contributed by atoms with Gasteiger partial charge in [0, 0.05) is 62.1 Å². The van der Waals surface area contributed by atoms with E-state index < -0.39 is 0 Å². The zero-order valence-electron chi connectivity index (χ0n) is 19.4. The number of aromatic nitrogens is 4. The van der Waals surface area contributed by atoms with Crippen LogP contribution in [0.2, 0.25) is 0 Å². The smallest absolute Gasteiger partial charge is 0.260 e. The molecule has 35 heavy (non-hydrogen) atoms. The number of nitrogens with one attached hydrogen (secondary N) is 1. The van der Waals surface area contributed by atoms with Gasteiger partial charge in [-0.3, -0.25) is 4.79 Å². The number of fused-ring (bicyclic) bond motifs is 1. The average Bonchev–Trinajstić information content (AvgIpc) is 3.29. The summed E-state index contributed by atoms with van der Waals surface area (Å²) in [6.45, 7) is 3.53. The van der Waals surface area contributed by atoms with Crippen molar-refractivity contribution in [2.75, 3.05) is 49.6 Å². The number of H-pyrrole nitrogens is 1. The van der Waals surface area contributed by atoms with Crippen LogP contribution >= 0.6 is 0 Å². The van der Waals surface area contributed by atoms with Gasteiger partial charge < -0.3 is 24.4 Å². The number of amides is 1. The van der Waals surface area contributed by atoms with E-state index in [4.69, 9.17) is 4.74 Å². The van der Waals surface area contributed by atoms with Gasteiger partial charge in [0.1, 0.15) is 11.6 Å². The number of pyridine rings is 1. The predicted molar refractivity (Wildman–Crippen MR) is 131 cm³/mol. The third-order valence-electron chi connectivity index (χ3n) is 6.02. The van der Waals surface area contributed by atoms with Crippen LogP contribution in [0, 0.1) is 5.82 Å². The van der Waals surface area contributed by atoms with Gasteiger partial charge in [0.15, 0.2) is 12.4 Å². The summed E-state index contributed by atoms with van der Waals surface area (Å²) >= 11 is 0. The van der Waals surface area contributed by atoms with Crippen molar-refractivity contribution in [1.82, 2.24) is 25.1 Å². The molecule has 4 aromatic rings. The molecule has 1 saturated heterocycles. The molecule has 1 aliphatic rings. The second-order valence-corrected chi connectivity index (χ2v) is 8.46. The number of likely N-dealkylation sites (N-methyl/N-ethyl adjacent to an activating group) is 1. The lowest BCUT2D eigenvalue weighted by Crippen LogP contribution is -2.47. The third-order valence-corrected chi connectivity index (χ3v) is 6.02. The lowest BCUT2D eigenvalue weighted by atomic mass is 10.2. The number of benzene rings is 1. The number of hydrogen-bond donors (Lipinski definition) is 1. The maximum Gasteiger partial charge on any atom is 0.260 e. The SMILES string of the molecule is CN(Cc1cc2cc(F)ccc2[nH]1)C(=O)COc1ccc(N2CCN(c3ccccn3)CC2)nn1. The minimum Gasteiger partial charge on any atom is -0.466 e. The molecule has 0 radical (unpaired) electrons. The molecule has 9 nitrogen and oxygen atoms in total. The van der Waals surface area contributed by atoms with Crippen molar-refractivity contribution in [3.05, 3.63) is 72.3 Å². The predicted octanol–water partition coefficient (Wildman–Crippen LogP) is 2.86. The number of piperazine rings is 1. The van der Waals surface area contributed by atoms with Crippen molar-refractivity contribution < 1.29 is 13.9 Å². The van der Waals surface area contributed by atoms with Gasteiger partial charge in [-0.2, -0.15) is 0 Å². The van der Waals surface area contributed by atoms with Gasteiger partial charge >= 0.3 is 0 Å². The zero-order chi connectivity index (χ0) is 24.2. The van der Waals surface area contributed by atoms with Crippen LogP contribution < -0.4 is 14.5 Å². The highest BCUT2D eigenvalue weighted by Crippen LogP contribution is 2.19. The Labute approximate surface area is 202 Å². The van der Waals surface area contributed by atoms with Crippen molar-refractivity contribution in [2.45, 2.75) is 6.54 Å². The number of carbonyl (C=O) groups is 1. The molecule has 1 aliphatic heterocycles. The zero-order valence-corrected chi connectivity index (χ0v) is 19.4. The van der Waals surface area contributed by atoms with Crippen molar-refractivity contribution in [3.8, 4) is 5.88 Å². The van der Waals surface area contributed by atoms with Gasteiger partial charge in [-0.05, 0) is 42.5 Å². The number of halogens is 1. The summed E-state index contributed by atoms with van der Waals surface area (Å²) < 4.78 is 19.0. The molecule has 0 bridgehead atoms. The van der Waals surface area contributed by atoms with Gasteiger partial charge in [-0.1, -0.05) is 6.07 Å². The minimum absolute atomic E-state index is 0.151. The van der Waals surface area contributed by atoms with Crippen LogP contribution in [-0.4, -0.2) is 70.8 Å². The quantitative estimate of drug-likeness (QED) is 0.440. The molecule has 0 spiro atoms. The molecular weight excluding hydrogens is 449 g/mol. The van der Waals surface area contributed by atoms with E-state index in [1.807, 2.05) is 30.3 Å². The Bertz CT molecular complexity index is 1290. The maximum absolute atomic E-state index is 13.4. The van der Waals surface area contributed by atoms with Crippen molar-refractivity contribution in [3.63, 3.8) is 0 Å². The maximum atomic E-state index is 13.4. The van der Waals surface area contributed by atoms with E-state index >= 15 is 0 Å². The molecule has 1 fully saturated rings. The van der Waals surface area contributed by atoms with E-state index in [1.165, 1.54) is 12.1 Å². The fourth-order valence-corrected chi connectivity index (χ4v) is 4.10. The Kier molecular flexibility index (Phi) is 6.42. The second-order valence-electron chi connectivity index (χ2n) is 8.46. The van der Waals surface area contributed by atoms with Crippen molar-refractivity contribution in [2.24, 2.45) is 0 Å². The Morgan fingerprint density at radius 3 is 2.54 bits per heavy atom. The molecule has 0 aliphatic carbocycles. The Balaban J connectivity index is 1.10. The molecule has 0 atom stereocenters. The molecule has 3 aromatic heterocycles. The Hall–Kier alpha value is -4.21. The number of hydrogen-bond acceptors (Lipinski definition) is 7. The summed E-state index contributed by atoms with van der Waals surface area (Å²) in [5, 5.41) is 9.18. The van der Waals surface area contributed by atoms with Crippen LogP contribution in [-0.2, 0) is 11.3 Å². The topological polar surface area (TPSA) is 90.5 Å². The van der Waals surface area contributed by atoms with Gasteiger partial charge in [0.25, 0.3) is 5.91 Å². The summed E-state index contributed by atoms with van der Waals surface area (Å²) in [5.74, 6) is 1.56. The average molecular weight is 476 g/mol. The number of anilines is 2. The number of aromatic amines is 1. The Morgan fingerprint density at radius 1 is 1.03 bits per heavy atom. The van der Waals surface area contributed by atoms with E-state index in [0.717, 1.165) is 54.4 Å². The summed E-state index contributed by atoms with van der Waals surface area (Å²) in [5.41, 5.74) is 1.64. The van der Waals surface area contributed by atoms with Crippen LogP contribution in [0.25, 0.3) is 10.9 Å². The molecule has 0 unspecified atom stereocenters. The highest BCUT2D eigenvalue weighted by atomic mass is 19.1. The van der Waals surface area contributed by atoms with Crippen LogP contribution in [0.3, 0.4) is 0 Å². The van der Waals surface area contributed by atoms with E-state index in [2.05, 4.69) is 30.0 Å². The van der Waals surface area contributed by atoms with Crippen molar-refractivity contribution in [1.29, 1.82) is 0 Å². The highest BCUT2D eigenvalue weighted by molar-refractivity contribution is 5.81. The monoisotopic (exact) mass is 475 g/mol. The first kappa shape index (κ1) is 22.6. The largest absolute Gasteiger partial charge is 0.466 e. The normalized spacial score (nSPS) is 13.8. The number of nitrogens with zero attached hydrogens (tertiary/aromatic N) is 6. The first-order valence-electron chi connectivity index (χ1n) is 11.4.